The second-order valence-corrected chi connectivity index (χ2v) is 10.0. The third-order valence-electron chi connectivity index (χ3n) is 8.20. The van der Waals surface area contributed by atoms with Gasteiger partial charge in [0.2, 0.25) is 11.8 Å². The molecule has 1 aromatic carbocycles. The molecule has 1 aliphatic carbocycles. The van der Waals surface area contributed by atoms with Gasteiger partial charge in [0, 0.05) is 60.1 Å². The number of likely N-dealkylation sites (tertiary alicyclic amines) is 1. The lowest BCUT2D eigenvalue weighted by Crippen LogP contribution is -2.57. The van der Waals surface area contributed by atoms with Crippen LogP contribution in [0.15, 0.2) is 18.2 Å². The molecule has 0 bridgehead atoms. The highest BCUT2D eigenvalue weighted by Crippen LogP contribution is 2.50. The average molecular weight is 454 g/mol. The maximum atomic E-state index is 13.5. The minimum absolute atomic E-state index is 0.0772. The number of aliphatic hydroxyl groups excluding tert-OH is 1. The number of hydrogen-bond acceptors (Lipinski definition) is 4. The summed E-state index contributed by atoms with van der Waals surface area (Å²) in [6.07, 6.45) is 6.07. The second-order valence-electron chi connectivity index (χ2n) is 10.0. The zero-order valence-corrected chi connectivity index (χ0v) is 19.7. The number of aromatic amines is 1. The largest absolute Gasteiger partial charge is 0.497 e. The smallest absolute Gasteiger partial charge is 0.226 e. The Balaban J connectivity index is 1.58. The van der Waals surface area contributed by atoms with Crippen molar-refractivity contribution in [2.45, 2.75) is 63.3 Å². The molecule has 7 heteroatoms. The number of aromatic nitrogens is 1. The molecule has 1 atom stereocenters. The normalized spacial score (nSPS) is 22.3. The van der Waals surface area contributed by atoms with E-state index in [4.69, 9.17) is 4.74 Å². The van der Waals surface area contributed by atoms with Crippen molar-refractivity contribution in [2.24, 2.45) is 5.92 Å². The maximum Gasteiger partial charge on any atom is 0.226 e. The van der Waals surface area contributed by atoms with E-state index in [-0.39, 0.29) is 35.8 Å². The van der Waals surface area contributed by atoms with Crippen LogP contribution in [0.25, 0.3) is 10.9 Å². The van der Waals surface area contributed by atoms with Gasteiger partial charge in [-0.1, -0.05) is 13.3 Å². The van der Waals surface area contributed by atoms with Crippen molar-refractivity contribution in [3.8, 4) is 5.75 Å². The molecule has 2 amide bonds. The molecule has 1 saturated heterocycles. The molecule has 1 saturated carbocycles. The second kappa shape index (κ2) is 8.67. The van der Waals surface area contributed by atoms with Crippen molar-refractivity contribution in [2.75, 3.05) is 33.4 Å². The van der Waals surface area contributed by atoms with Gasteiger partial charge in [-0.05, 0) is 49.8 Å². The molecule has 2 fully saturated rings. The number of aliphatic hydroxyl groups is 1. The molecule has 2 aromatic rings. The van der Waals surface area contributed by atoms with Crippen LogP contribution in [0.3, 0.4) is 0 Å². The number of hydrogen-bond donors (Lipinski definition) is 2. The average Bonchev–Trinajstić information content (AvgIpc) is 3.18. The Labute approximate surface area is 195 Å². The van der Waals surface area contributed by atoms with E-state index in [1.165, 1.54) is 5.56 Å². The van der Waals surface area contributed by atoms with Gasteiger partial charge in [-0.25, -0.2) is 0 Å². The molecule has 0 unspecified atom stereocenters. The predicted octanol–water partition coefficient (Wildman–Crippen LogP) is 3.51. The van der Waals surface area contributed by atoms with Gasteiger partial charge in [-0.3, -0.25) is 9.59 Å². The number of H-pyrrole nitrogens is 1. The lowest BCUT2D eigenvalue weighted by Gasteiger charge is -2.51. The van der Waals surface area contributed by atoms with Crippen molar-refractivity contribution in [1.29, 1.82) is 0 Å². The molecule has 5 rings (SSSR count). The number of benzene rings is 1. The van der Waals surface area contributed by atoms with E-state index < -0.39 is 0 Å². The van der Waals surface area contributed by atoms with Gasteiger partial charge >= 0.3 is 0 Å². The van der Waals surface area contributed by atoms with Gasteiger partial charge in [0.25, 0.3) is 0 Å². The van der Waals surface area contributed by atoms with Gasteiger partial charge in [0.1, 0.15) is 5.75 Å². The van der Waals surface area contributed by atoms with E-state index in [0.717, 1.165) is 60.9 Å². The number of rotatable bonds is 5. The van der Waals surface area contributed by atoms with Gasteiger partial charge in [0.15, 0.2) is 0 Å². The first-order valence-corrected chi connectivity index (χ1v) is 12.4. The number of piperidine rings is 1. The van der Waals surface area contributed by atoms with Crippen LogP contribution in [0.2, 0.25) is 0 Å². The van der Waals surface area contributed by atoms with Crippen LogP contribution in [0, 0.1) is 5.92 Å². The first kappa shape index (κ1) is 22.3. The Bertz CT molecular complexity index is 1050. The van der Waals surface area contributed by atoms with Crippen LogP contribution in [-0.2, 0) is 15.0 Å². The Morgan fingerprint density at radius 1 is 1.24 bits per heavy atom. The minimum atomic E-state index is -0.364. The highest BCUT2D eigenvalue weighted by molar-refractivity contribution is 5.89. The molecule has 2 aliphatic heterocycles. The first-order valence-electron chi connectivity index (χ1n) is 12.4. The maximum absolute atomic E-state index is 13.5. The zero-order valence-electron chi connectivity index (χ0n) is 19.7. The Hall–Kier alpha value is -2.54. The van der Waals surface area contributed by atoms with Crippen molar-refractivity contribution in [3.63, 3.8) is 0 Å². The van der Waals surface area contributed by atoms with Crippen molar-refractivity contribution in [1.82, 2.24) is 14.8 Å². The summed E-state index contributed by atoms with van der Waals surface area (Å²) in [7, 11) is 1.66. The summed E-state index contributed by atoms with van der Waals surface area (Å²) >= 11 is 0. The van der Waals surface area contributed by atoms with Crippen LogP contribution < -0.4 is 4.74 Å². The number of nitrogens with one attached hydrogen (secondary N) is 1. The summed E-state index contributed by atoms with van der Waals surface area (Å²) in [4.78, 5) is 33.5. The van der Waals surface area contributed by atoms with E-state index in [1.807, 2.05) is 28.9 Å². The lowest BCUT2D eigenvalue weighted by atomic mass is 9.67. The molecule has 7 nitrogen and oxygen atoms in total. The van der Waals surface area contributed by atoms with E-state index >= 15 is 0 Å². The highest BCUT2D eigenvalue weighted by atomic mass is 16.5. The number of fused-ring (bicyclic) bond motifs is 4. The van der Waals surface area contributed by atoms with Crippen LogP contribution >= 0.6 is 0 Å². The number of nitrogens with zero attached hydrogens (tertiary/aromatic N) is 2. The number of carbonyl (C=O) groups excluding carboxylic acids is 2. The zero-order chi connectivity index (χ0) is 23.2. The van der Waals surface area contributed by atoms with Crippen LogP contribution in [-0.4, -0.2) is 65.1 Å². The Morgan fingerprint density at radius 2 is 2.00 bits per heavy atom. The summed E-state index contributed by atoms with van der Waals surface area (Å²) in [6, 6.07) is 5.70. The highest BCUT2D eigenvalue weighted by Gasteiger charge is 2.50. The molecular weight excluding hydrogens is 418 g/mol. The van der Waals surface area contributed by atoms with Crippen molar-refractivity contribution >= 4 is 22.7 Å². The summed E-state index contributed by atoms with van der Waals surface area (Å²) in [5.74, 6) is 1.25. The van der Waals surface area contributed by atoms with E-state index in [2.05, 4.69) is 11.1 Å². The fraction of sp³-hybridized carbons (Fsp3) is 0.615. The fourth-order valence-electron chi connectivity index (χ4n) is 6.09. The van der Waals surface area contributed by atoms with E-state index in [1.54, 1.807) is 7.11 Å². The summed E-state index contributed by atoms with van der Waals surface area (Å²) in [5.41, 5.74) is 2.92. The topological polar surface area (TPSA) is 85.9 Å². The monoisotopic (exact) mass is 453 g/mol. The predicted molar refractivity (Wildman–Crippen MR) is 126 cm³/mol. The first-order chi connectivity index (χ1) is 16.0. The Morgan fingerprint density at radius 3 is 2.61 bits per heavy atom. The van der Waals surface area contributed by atoms with Crippen LogP contribution in [0.1, 0.15) is 69.2 Å². The van der Waals surface area contributed by atoms with Gasteiger partial charge in [-0.15, -0.1) is 0 Å². The van der Waals surface area contributed by atoms with Crippen molar-refractivity contribution < 1.29 is 19.4 Å². The number of methoxy groups -OCH3 is 1. The molecule has 0 radical (unpaired) electrons. The molecular formula is C26H35N3O4. The van der Waals surface area contributed by atoms with Crippen LogP contribution in [0.5, 0.6) is 5.75 Å². The molecule has 2 N–H and O–H groups in total. The number of carbonyl (C=O) groups is 2. The van der Waals surface area contributed by atoms with Gasteiger partial charge < -0.3 is 24.6 Å². The molecule has 3 aliphatic rings. The summed E-state index contributed by atoms with van der Waals surface area (Å²) in [5, 5.41) is 11.6. The van der Waals surface area contributed by atoms with E-state index in [9.17, 15) is 14.7 Å². The molecule has 1 aromatic heterocycles. The third kappa shape index (κ3) is 3.61. The summed E-state index contributed by atoms with van der Waals surface area (Å²) in [6.45, 7) is 3.95. The number of amides is 2. The molecule has 33 heavy (non-hydrogen) atoms. The SMILES string of the molecule is CCCC(=O)N1CCC2(CC1)CN(C(=O)C1CCC1)[C@@H](CO)c1[nH]c3cc(OC)ccc3c12. The minimum Gasteiger partial charge on any atom is -0.497 e. The Kier molecular flexibility index (Phi) is 5.85. The van der Waals surface area contributed by atoms with Gasteiger partial charge in [0.05, 0.1) is 19.8 Å². The quantitative estimate of drug-likeness (QED) is 0.725. The standard InChI is InChI=1S/C26H35N3O4/c1-3-5-22(31)28-12-10-26(11-13-28)16-29(25(32)17-6-4-7-17)21(15-30)24-23(26)19-9-8-18(33-2)14-20(19)27-24/h8-9,14,17,21,27,30H,3-7,10-13,15-16H2,1-2H3/t21-/m0/s1. The molecule has 178 valence electrons. The van der Waals surface area contributed by atoms with E-state index in [0.29, 0.717) is 26.1 Å². The van der Waals surface area contributed by atoms with Crippen LogP contribution in [0.4, 0.5) is 0 Å². The molecule has 3 heterocycles. The third-order valence-corrected chi connectivity index (χ3v) is 8.20. The lowest BCUT2D eigenvalue weighted by molar-refractivity contribution is -0.145. The summed E-state index contributed by atoms with van der Waals surface area (Å²) < 4.78 is 5.44. The van der Waals surface area contributed by atoms with Gasteiger partial charge in [-0.2, -0.15) is 0 Å². The van der Waals surface area contributed by atoms with Crippen molar-refractivity contribution in [3.05, 3.63) is 29.5 Å². The molecule has 1 spiro atoms. The number of ether oxygens (including phenoxy) is 1. The fourth-order valence-corrected chi connectivity index (χ4v) is 6.09.